The first-order valence-electron chi connectivity index (χ1n) is 10.4. The highest BCUT2D eigenvalue weighted by atomic mass is 32.2. The van der Waals surface area contributed by atoms with Crippen LogP contribution in [-0.2, 0) is 30.9 Å². The minimum absolute atomic E-state index is 0.0871. The fourth-order valence-corrected chi connectivity index (χ4v) is 7.15. The number of aromatic amines is 1. The lowest BCUT2D eigenvalue weighted by Crippen LogP contribution is -2.71. The number of rotatable bonds is 9. The van der Waals surface area contributed by atoms with Gasteiger partial charge in [0.1, 0.15) is 28.1 Å². The molecule has 5 atom stereocenters. The molecule has 4 N–H and O–H groups in total. The van der Waals surface area contributed by atoms with Crippen molar-refractivity contribution in [3.8, 4) is 5.75 Å². The molecule has 0 saturated carbocycles. The van der Waals surface area contributed by atoms with Crippen LogP contribution in [0.2, 0.25) is 0 Å². The molecule has 15 heteroatoms. The summed E-state index contributed by atoms with van der Waals surface area (Å²) >= 11 is 2.57. The molecule has 4 rings (SSSR count). The number of aromatic hydroxyl groups is 1. The number of benzene rings is 1. The first kappa shape index (κ1) is 25.2. The first-order chi connectivity index (χ1) is 16.7. The quantitative estimate of drug-likeness (QED) is 0.257. The number of β-lactam (4-membered cyclic amide) rings is 1. The van der Waals surface area contributed by atoms with Gasteiger partial charge >= 0.3 is 5.97 Å². The standard InChI is InChI=1S/C20H22N6O6S3/c1-9(34-20-22-24-25-23-20)13-7-33-18-14(17(29)26(18)15(13)19(30)31)21-16(28)10(2)35(32)8-11-3-5-12(27)6-4-11/h3-6,9-10,14,18,27H,7-8H2,1-2H3,(H,21,28)(H,30,31)(H,22,23,24,25)/t9?,10?,14?,18-,35?/m1/s1. The number of aliphatic carboxylic acids is 1. The highest BCUT2D eigenvalue weighted by Crippen LogP contribution is 2.43. The van der Waals surface area contributed by atoms with Crippen LogP contribution in [0.4, 0.5) is 0 Å². The SMILES string of the molecule is CC(Sc1nn[nH]n1)C1=C(C(=O)O)N2C(=O)C(NC(=O)C(C)S(=O)Cc3ccc(O)cc3)[C@H]2SC1. The van der Waals surface area contributed by atoms with Crippen molar-refractivity contribution in [3.05, 3.63) is 41.1 Å². The largest absolute Gasteiger partial charge is 0.508 e. The summed E-state index contributed by atoms with van der Waals surface area (Å²) in [7, 11) is -1.56. The van der Waals surface area contributed by atoms with Gasteiger partial charge in [0.25, 0.3) is 5.91 Å². The first-order valence-corrected chi connectivity index (χ1v) is 13.7. The molecule has 4 unspecified atom stereocenters. The monoisotopic (exact) mass is 538 g/mol. The van der Waals surface area contributed by atoms with E-state index in [0.717, 1.165) is 0 Å². The average molecular weight is 539 g/mol. The lowest BCUT2D eigenvalue weighted by molar-refractivity contribution is -0.150. The van der Waals surface area contributed by atoms with Gasteiger partial charge in [0.15, 0.2) is 0 Å². The molecule has 0 aliphatic carbocycles. The molecule has 1 aromatic carbocycles. The highest BCUT2D eigenvalue weighted by molar-refractivity contribution is 8.01. The van der Waals surface area contributed by atoms with E-state index >= 15 is 0 Å². The number of thioether (sulfide) groups is 2. The Labute approximate surface area is 210 Å². The molecule has 1 saturated heterocycles. The molecule has 186 valence electrons. The Morgan fingerprint density at radius 2 is 2.06 bits per heavy atom. The summed E-state index contributed by atoms with van der Waals surface area (Å²) in [6.45, 7) is 3.31. The molecule has 1 fully saturated rings. The third-order valence-electron chi connectivity index (χ3n) is 5.61. The van der Waals surface area contributed by atoms with Crippen LogP contribution in [0.3, 0.4) is 0 Å². The Kier molecular flexibility index (Phi) is 7.47. The number of hydrogen-bond acceptors (Lipinski definition) is 10. The van der Waals surface area contributed by atoms with Crippen LogP contribution in [0.15, 0.2) is 40.7 Å². The third-order valence-corrected chi connectivity index (χ3v) is 9.55. The molecule has 3 heterocycles. The third kappa shape index (κ3) is 5.21. The van der Waals surface area contributed by atoms with Crippen LogP contribution >= 0.6 is 23.5 Å². The number of nitrogens with one attached hydrogen (secondary N) is 2. The number of phenolic OH excluding ortho intramolecular Hbond substituents is 1. The lowest BCUT2D eigenvalue weighted by Gasteiger charge is -2.50. The second kappa shape index (κ2) is 10.4. The van der Waals surface area contributed by atoms with E-state index in [9.17, 15) is 28.8 Å². The van der Waals surface area contributed by atoms with E-state index in [0.29, 0.717) is 22.0 Å². The van der Waals surface area contributed by atoms with E-state index < -0.39 is 45.2 Å². The Morgan fingerprint density at radius 3 is 2.69 bits per heavy atom. The van der Waals surface area contributed by atoms with Crippen molar-refractivity contribution < 1.29 is 28.8 Å². The predicted octanol–water partition coefficient (Wildman–Crippen LogP) is 0.462. The van der Waals surface area contributed by atoms with Gasteiger partial charge in [-0.05, 0) is 42.3 Å². The van der Waals surface area contributed by atoms with E-state index in [4.69, 9.17) is 0 Å². The van der Waals surface area contributed by atoms with Crippen LogP contribution in [-0.4, -0.2) is 85.4 Å². The number of carboxylic acid groups (broad SMARTS) is 1. The number of phenols is 1. The van der Waals surface area contributed by atoms with Gasteiger partial charge in [-0.25, -0.2) is 4.79 Å². The molecule has 2 aromatic rings. The highest BCUT2D eigenvalue weighted by Gasteiger charge is 2.54. The zero-order chi connectivity index (χ0) is 25.3. The van der Waals surface area contributed by atoms with Gasteiger partial charge in [-0.1, -0.05) is 23.9 Å². The minimum atomic E-state index is -1.56. The predicted molar refractivity (Wildman–Crippen MR) is 129 cm³/mol. The van der Waals surface area contributed by atoms with Gasteiger partial charge in [0.05, 0.1) is 0 Å². The number of tetrazole rings is 1. The normalized spacial score (nSPS) is 22.1. The molecule has 1 aromatic heterocycles. The van der Waals surface area contributed by atoms with Gasteiger partial charge in [0, 0.05) is 27.6 Å². The summed E-state index contributed by atoms with van der Waals surface area (Å²) < 4.78 is 12.7. The van der Waals surface area contributed by atoms with E-state index in [1.807, 2.05) is 0 Å². The van der Waals surface area contributed by atoms with E-state index in [-0.39, 0.29) is 22.4 Å². The number of carboxylic acids is 1. The molecule has 2 amide bonds. The van der Waals surface area contributed by atoms with Crippen molar-refractivity contribution in [2.24, 2.45) is 0 Å². The smallest absolute Gasteiger partial charge is 0.352 e. The summed E-state index contributed by atoms with van der Waals surface area (Å²) in [5.74, 6) is -1.76. The molecule has 0 radical (unpaired) electrons. The van der Waals surface area contributed by atoms with Crippen molar-refractivity contribution in [1.82, 2.24) is 30.8 Å². The Morgan fingerprint density at radius 1 is 1.34 bits per heavy atom. The van der Waals surface area contributed by atoms with Crippen LogP contribution in [0.5, 0.6) is 5.75 Å². The van der Waals surface area contributed by atoms with Crippen molar-refractivity contribution >= 4 is 52.1 Å². The summed E-state index contributed by atoms with van der Waals surface area (Å²) in [5.41, 5.74) is 1.15. The van der Waals surface area contributed by atoms with Gasteiger partial charge in [0.2, 0.25) is 11.1 Å². The van der Waals surface area contributed by atoms with Crippen LogP contribution in [0.1, 0.15) is 19.4 Å². The molecule has 0 bridgehead atoms. The fraction of sp³-hybridized carbons (Fsp3) is 0.400. The number of carbonyl (C=O) groups excluding carboxylic acids is 2. The summed E-state index contributed by atoms with van der Waals surface area (Å²) in [6, 6.07) is 5.29. The Balaban J connectivity index is 1.42. The maximum absolute atomic E-state index is 12.9. The molecule has 2 aliphatic heterocycles. The lowest BCUT2D eigenvalue weighted by atomic mass is 10.0. The van der Waals surface area contributed by atoms with Crippen LogP contribution in [0.25, 0.3) is 0 Å². The number of H-pyrrole nitrogens is 1. The van der Waals surface area contributed by atoms with E-state index in [2.05, 4.69) is 25.9 Å². The van der Waals surface area contributed by atoms with Crippen molar-refractivity contribution in [2.45, 2.75) is 46.7 Å². The number of aromatic nitrogens is 4. The van der Waals surface area contributed by atoms with Gasteiger partial charge in [-0.2, -0.15) is 5.21 Å². The fourth-order valence-electron chi connectivity index (χ4n) is 3.66. The zero-order valence-electron chi connectivity index (χ0n) is 18.6. The second-order valence-electron chi connectivity index (χ2n) is 7.86. The van der Waals surface area contributed by atoms with Gasteiger partial charge in [-0.15, -0.1) is 22.0 Å². The summed E-state index contributed by atoms with van der Waals surface area (Å²) in [4.78, 5) is 38.9. The maximum Gasteiger partial charge on any atom is 0.352 e. The number of nitrogens with zero attached hydrogens (tertiary/aromatic N) is 4. The molecular weight excluding hydrogens is 516 g/mol. The number of amides is 2. The maximum atomic E-state index is 12.9. The van der Waals surface area contributed by atoms with Gasteiger partial charge in [-0.3, -0.25) is 18.7 Å². The van der Waals surface area contributed by atoms with Crippen molar-refractivity contribution in [3.63, 3.8) is 0 Å². The minimum Gasteiger partial charge on any atom is -0.508 e. The Bertz CT molecular complexity index is 1190. The van der Waals surface area contributed by atoms with E-state index in [1.165, 1.54) is 47.5 Å². The van der Waals surface area contributed by atoms with Crippen molar-refractivity contribution in [1.29, 1.82) is 0 Å². The Hall–Kier alpha value is -2.91. The van der Waals surface area contributed by atoms with E-state index in [1.54, 1.807) is 19.1 Å². The molecule has 35 heavy (non-hydrogen) atoms. The van der Waals surface area contributed by atoms with Crippen molar-refractivity contribution in [2.75, 3.05) is 5.75 Å². The topological polar surface area (TPSA) is 178 Å². The molecule has 12 nitrogen and oxygen atoms in total. The number of fused-ring (bicyclic) bond motifs is 1. The summed E-state index contributed by atoms with van der Waals surface area (Å²) in [6.07, 6.45) is 0. The number of carbonyl (C=O) groups is 3. The van der Waals surface area contributed by atoms with Crippen LogP contribution < -0.4 is 5.32 Å². The second-order valence-corrected chi connectivity index (χ2v) is 12.0. The van der Waals surface area contributed by atoms with Crippen LogP contribution in [0, 0.1) is 0 Å². The van der Waals surface area contributed by atoms with Gasteiger partial charge < -0.3 is 15.5 Å². The average Bonchev–Trinajstić information content (AvgIpc) is 3.35. The number of hydrogen-bond donors (Lipinski definition) is 4. The zero-order valence-corrected chi connectivity index (χ0v) is 21.0. The summed E-state index contributed by atoms with van der Waals surface area (Å²) in [5, 5.41) is 34.0. The molecule has 2 aliphatic rings. The molecular formula is C20H22N6O6S3. The molecule has 0 spiro atoms.